The number of hydrogen-bond donors (Lipinski definition) is 0. The van der Waals surface area contributed by atoms with E-state index in [1.807, 2.05) is 59.8 Å². The maximum Gasteiger partial charge on any atom is 0.248 e. The first-order valence-corrected chi connectivity index (χ1v) is 8.86. The molecule has 3 aromatic rings. The Morgan fingerprint density at radius 2 is 2.04 bits per heavy atom. The van der Waals surface area contributed by atoms with Gasteiger partial charge in [0.15, 0.2) is 0 Å². The first-order chi connectivity index (χ1) is 11.8. The van der Waals surface area contributed by atoms with Gasteiger partial charge in [-0.1, -0.05) is 37.3 Å². The first kappa shape index (κ1) is 16.4. The van der Waals surface area contributed by atoms with E-state index in [4.69, 9.17) is 0 Å². The van der Waals surface area contributed by atoms with E-state index in [2.05, 4.69) is 10.1 Å². The summed E-state index contributed by atoms with van der Waals surface area (Å²) in [7, 11) is 0. The zero-order chi connectivity index (χ0) is 16.8. The summed E-state index contributed by atoms with van der Waals surface area (Å²) in [4.78, 5) is 19.3. The Balaban J connectivity index is 1.83. The van der Waals surface area contributed by atoms with Crippen LogP contribution in [-0.2, 0) is 17.9 Å². The number of carbonyl (C=O) groups excluding carboxylic acids is 1. The van der Waals surface area contributed by atoms with Gasteiger partial charge < -0.3 is 4.90 Å². The quantitative estimate of drug-likeness (QED) is 0.661. The van der Waals surface area contributed by atoms with Crippen molar-refractivity contribution in [3.05, 3.63) is 70.9 Å². The van der Waals surface area contributed by atoms with E-state index in [-0.39, 0.29) is 11.9 Å². The lowest BCUT2D eigenvalue weighted by Gasteiger charge is -2.26. The molecular weight excluding hydrogens is 320 g/mol. The lowest BCUT2D eigenvalue weighted by atomic mass is 10.1. The number of thiazole rings is 1. The van der Waals surface area contributed by atoms with Crippen molar-refractivity contribution in [2.75, 3.05) is 0 Å². The Bertz CT molecular complexity index is 741. The van der Waals surface area contributed by atoms with Gasteiger partial charge in [-0.25, -0.2) is 4.98 Å². The smallest absolute Gasteiger partial charge is 0.248 e. The minimum absolute atomic E-state index is 0.0697. The van der Waals surface area contributed by atoms with Crippen LogP contribution in [0.25, 0.3) is 0 Å². The molecule has 2 heterocycles. The monoisotopic (exact) mass is 340 g/mol. The molecule has 124 valence electrons. The molecule has 0 saturated heterocycles. The Morgan fingerprint density at radius 3 is 2.67 bits per heavy atom. The first-order valence-electron chi connectivity index (χ1n) is 7.98. The highest BCUT2D eigenvalue weighted by molar-refractivity contribution is 7.09. The van der Waals surface area contributed by atoms with Crippen LogP contribution in [-0.4, -0.2) is 25.6 Å². The van der Waals surface area contributed by atoms with Crippen LogP contribution in [0.3, 0.4) is 0 Å². The molecule has 1 amide bonds. The maximum atomic E-state index is 13.1. The summed E-state index contributed by atoms with van der Waals surface area (Å²) in [6, 6.07) is 11.6. The maximum absolute atomic E-state index is 13.1. The Hall–Kier alpha value is -2.47. The van der Waals surface area contributed by atoms with Crippen LogP contribution in [0.1, 0.15) is 30.0 Å². The molecule has 1 aromatic carbocycles. The van der Waals surface area contributed by atoms with Gasteiger partial charge in [-0.15, -0.1) is 11.3 Å². The number of benzene rings is 1. The third kappa shape index (κ3) is 3.89. The van der Waals surface area contributed by atoms with Crippen molar-refractivity contribution in [3.8, 4) is 0 Å². The van der Waals surface area contributed by atoms with Crippen molar-refractivity contribution in [1.29, 1.82) is 0 Å². The fourth-order valence-corrected chi connectivity index (χ4v) is 3.29. The highest BCUT2D eigenvalue weighted by atomic mass is 32.1. The zero-order valence-corrected chi connectivity index (χ0v) is 14.4. The van der Waals surface area contributed by atoms with Crippen LogP contribution in [0, 0.1) is 0 Å². The summed E-state index contributed by atoms with van der Waals surface area (Å²) in [6.07, 6.45) is 6.02. The molecule has 0 N–H and O–H groups in total. The van der Waals surface area contributed by atoms with Crippen LogP contribution in [0.2, 0.25) is 0 Å². The molecule has 6 heteroatoms. The highest BCUT2D eigenvalue weighted by Crippen LogP contribution is 2.19. The van der Waals surface area contributed by atoms with Gasteiger partial charge >= 0.3 is 0 Å². The second-order valence-corrected chi connectivity index (χ2v) is 6.49. The van der Waals surface area contributed by atoms with E-state index in [0.717, 1.165) is 10.6 Å². The number of hydrogen-bond acceptors (Lipinski definition) is 4. The van der Waals surface area contributed by atoms with Crippen LogP contribution in [0.5, 0.6) is 0 Å². The highest BCUT2D eigenvalue weighted by Gasteiger charge is 2.25. The molecule has 3 rings (SSSR count). The third-order valence-electron chi connectivity index (χ3n) is 3.85. The minimum Gasteiger partial charge on any atom is -0.330 e. The molecule has 0 bridgehead atoms. The second-order valence-electron chi connectivity index (χ2n) is 5.52. The molecule has 5 nitrogen and oxygen atoms in total. The summed E-state index contributed by atoms with van der Waals surface area (Å²) < 4.78 is 1.74. The fourth-order valence-electron chi connectivity index (χ4n) is 2.66. The summed E-state index contributed by atoms with van der Waals surface area (Å²) in [6.45, 7) is 3.09. The molecule has 0 aliphatic heterocycles. The topological polar surface area (TPSA) is 51.0 Å². The summed E-state index contributed by atoms with van der Waals surface area (Å²) in [5.74, 6) is 0.0697. The van der Waals surface area contributed by atoms with E-state index < -0.39 is 0 Å². The molecule has 0 aliphatic rings. The second kappa shape index (κ2) is 7.88. The van der Waals surface area contributed by atoms with Gasteiger partial charge in [0.2, 0.25) is 5.91 Å². The number of nitrogens with zero attached hydrogens (tertiary/aromatic N) is 4. The molecule has 1 unspecified atom stereocenters. The molecule has 0 aliphatic carbocycles. The summed E-state index contributed by atoms with van der Waals surface area (Å²) in [5.41, 5.74) is 1.11. The fraction of sp³-hybridized carbons (Fsp3) is 0.278. The van der Waals surface area contributed by atoms with Gasteiger partial charge in [0.05, 0.1) is 6.54 Å². The summed E-state index contributed by atoms with van der Waals surface area (Å²) >= 11 is 1.57. The van der Waals surface area contributed by atoms with Crippen LogP contribution < -0.4 is 0 Å². The van der Waals surface area contributed by atoms with Crippen molar-refractivity contribution in [2.45, 2.75) is 32.5 Å². The molecule has 2 aromatic heterocycles. The molecule has 0 spiro atoms. The van der Waals surface area contributed by atoms with E-state index in [0.29, 0.717) is 19.5 Å². The van der Waals surface area contributed by atoms with Gasteiger partial charge in [0.1, 0.15) is 11.0 Å². The summed E-state index contributed by atoms with van der Waals surface area (Å²) in [5, 5.41) is 7.13. The van der Waals surface area contributed by atoms with Gasteiger partial charge in [-0.2, -0.15) is 5.10 Å². The van der Waals surface area contributed by atoms with Crippen LogP contribution in [0.4, 0.5) is 0 Å². The molecule has 0 fully saturated rings. The van der Waals surface area contributed by atoms with Crippen molar-refractivity contribution in [1.82, 2.24) is 19.7 Å². The van der Waals surface area contributed by atoms with Gasteiger partial charge in [-0.05, 0) is 18.1 Å². The minimum atomic E-state index is -0.288. The average Bonchev–Trinajstić information content (AvgIpc) is 3.30. The predicted octanol–water partition coefficient (Wildman–Crippen LogP) is 3.52. The van der Waals surface area contributed by atoms with Crippen molar-refractivity contribution >= 4 is 17.2 Å². The van der Waals surface area contributed by atoms with Gasteiger partial charge in [-0.3, -0.25) is 9.48 Å². The zero-order valence-electron chi connectivity index (χ0n) is 13.6. The molecule has 0 radical (unpaired) electrons. The molecule has 0 saturated carbocycles. The normalized spacial score (nSPS) is 12.0. The lowest BCUT2D eigenvalue weighted by molar-refractivity contribution is -0.136. The van der Waals surface area contributed by atoms with E-state index in [1.54, 1.807) is 28.4 Å². The standard InChI is InChI=1S/C18H20N4OS/c1-2-16(22-11-6-9-20-22)18(23)21(14-17-19-10-12-24-17)13-15-7-4-3-5-8-15/h3-12,16H,2,13-14H2,1H3. The van der Waals surface area contributed by atoms with Crippen LogP contribution in [0.15, 0.2) is 60.4 Å². The molecular formula is C18H20N4OS. The predicted molar refractivity (Wildman–Crippen MR) is 94.4 cm³/mol. The molecule has 24 heavy (non-hydrogen) atoms. The van der Waals surface area contributed by atoms with Crippen molar-refractivity contribution < 1.29 is 4.79 Å². The third-order valence-corrected chi connectivity index (χ3v) is 4.62. The van der Waals surface area contributed by atoms with Gasteiger partial charge in [0.25, 0.3) is 0 Å². The number of carbonyl (C=O) groups is 1. The van der Waals surface area contributed by atoms with Crippen molar-refractivity contribution in [2.24, 2.45) is 0 Å². The lowest BCUT2D eigenvalue weighted by Crippen LogP contribution is -2.36. The average molecular weight is 340 g/mol. The SMILES string of the molecule is CCC(C(=O)N(Cc1ccccc1)Cc1nccs1)n1cccn1. The van der Waals surface area contributed by atoms with E-state index >= 15 is 0 Å². The largest absolute Gasteiger partial charge is 0.330 e. The van der Waals surface area contributed by atoms with Crippen LogP contribution >= 0.6 is 11.3 Å². The van der Waals surface area contributed by atoms with Gasteiger partial charge in [0, 0.05) is 30.5 Å². The number of rotatable bonds is 7. The van der Waals surface area contributed by atoms with E-state index in [1.165, 1.54) is 0 Å². The number of amides is 1. The Kier molecular flexibility index (Phi) is 5.38. The molecule has 1 atom stereocenters. The van der Waals surface area contributed by atoms with Crippen molar-refractivity contribution in [3.63, 3.8) is 0 Å². The Labute approximate surface area is 145 Å². The van der Waals surface area contributed by atoms with E-state index in [9.17, 15) is 4.79 Å². The Morgan fingerprint density at radius 1 is 1.21 bits per heavy atom. The number of aromatic nitrogens is 3.